The highest BCUT2D eigenvalue weighted by Crippen LogP contribution is 2.26. The lowest BCUT2D eigenvalue weighted by Crippen LogP contribution is -2.39. The molecule has 30 heavy (non-hydrogen) atoms. The van der Waals surface area contributed by atoms with Gasteiger partial charge in [0.05, 0.1) is 18.6 Å². The minimum atomic E-state index is -0.492. The largest absolute Gasteiger partial charge is 0.486 e. The second-order valence-electron chi connectivity index (χ2n) is 8.30. The van der Waals surface area contributed by atoms with Crippen molar-refractivity contribution in [2.75, 3.05) is 13.1 Å². The molecule has 0 N–H and O–H groups in total. The summed E-state index contributed by atoms with van der Waals surface area (Å²) < 4.78 is 13.0. The molecule has 0 aliphatic carbocycles. The summed E-state index contributed by atoms with van der Waals surface area (Å²) in [5.74, 6) is 0.662. The van der Waals surface area contributed by atoms with Gasteiger partial charge in [-0.2, -0.15) is 5.10 Å². The Balaban J connectivity index is 1.44. The van der Waals surface area contributed by atoms with Crippen LogP contribution < -0.4 is 4.74 Å². The normalized spacial score (nSPS) is 14.5. The summed E-state index contributed by atoms with van der Waals surface area (Å²) in [7, 11) is 0. The van der Waals surface area contributed by atoms with E-state index in [0.29, 0.717) is 25.4 Å². The van der Waals surface area contributed by atoms with Crippen molar-refractivity contribution in [1.82, 2.24) is 19.5 Å². The number of ether oxygens (including phenoxy) is 2. The van der Waals surface area contributed by atoms with Gasteiger partial charge in [0, 0.05) is 18.7 Å². The van der Waals surface area contributed by atoms with Crippen LogP contribution in [0.15, 0.2) is 55.0 Å². The number of nitrogens with zero attached hydrogens (tertiary/aromatic N) is 4. The number of hydrogen-bond donors (Lipinski definition) is 0. The van der Waals surface area contributed by atoms with Crippen LogP contribution in [0.1, 0.15) is 38.3 Å². The average molecular weight is 406 g/mol. The molecule has 1 aliphatic rings. The number of benzene rings is 1. The smallest absolute Gasteiger partial charge is 0.410 e. The van der Waals surface area contributed by atoms with Crippen molar-refractivity contribution >= 4 is 17.3 Å². The first-order valence-electron chi connectivity index (χ1n) is 10.1. The Labute approximate surface area is 175 Å². The fourth-order valence-electron chi connectivity index (χ4n) is 3.31. The highest BCUT2D eigenvalue weighted by molar-refractivity contribution is 5.78. The van der Waals surface area contributed by atoms with Gasteiger partial charge in [0.25, 0.3) is 0 Å². The van der Waals surface area contributed by atoms with E-state index in [1.807, 2.05) is 69.6 Å². The zero-order valence-electron chi connectivity index (χ0n) is 17.5. The maximum absolute atomic E-state index is 12.3. The number of aromatic nitrogens is 3. The van der Waals surface area contributed by atoms with E-state index < -0.39 is 5.60 Å². The van der Waals surface area contributed by atoms with Gasteiger partial charge in [-0.15, -0.1) is 0 Å². The van der Waals surface area contributed by atoms with Gasteiger partial charge < -0.3 is 14.4 Å². The molecule has 156 valence electrons. The van der Waals surface area contributed by atoms with Gasteiger partial charge in [0.1, 0.15) is 12.2 Å². The van der Waals surface area contributed by atoms with Crippen LogP contribution in [0.2, 0.25) is 0 Å². The highest BCUT2D eigenvalue weighted by Gasteiger charge is 2.24. The van der Waals surface area contributed by atoms with Gasteiger partial charge in [0.2, 0.25) is 0 Å². The molecule has 1 aliphatic heterocycles. The van der Waals surface area contributed by atoms with Crippen LogP contribution in [-0.4, -0.2) is 44.3 Å². The van der Waals surface area contributed by atoms with Crippen molar-refractivity contribution in [3.8, 4) is 5.75 Å². The molecule has 3 aromatic rings. The number of amides is 1. The molecule has 7 heteroatoms. The maximum Gasteiger partial charge on any atom is 0.410 e. The molecular weight excluding hydrogens is 380 g/mol. The van der Waals surface area contributed by atoms with Gasteiger partial charge in [-0.3, -0.25) is 0 Å². The monoisotopic (exact) mass is 406 g/mol. The lowest BCUT2D eigenvalue weighted by molar-refractivity contribution is 0.0270. The van der Waals surface area contributed by atoms with Crippen LogP contribution in [0, 0.1) is 0 Å². The lowest BCUT2D eigenvalue weighted by atomic mass is 10.0. The Hall–Kier alpha value is -3.35. The van der Waals surface area contributed by atoms with Crippen molar-refractivity contribution in [2.45, 2.75) is 39.4 Å². The highest BCUT2D eigenvalue weighted by atomic mass is 16.6. The molecule has 4 rings (SSSR count). The van der Waals surface area contributed by atoms with Crippen molar-refractivity contribution < 1.29 is 14.3 Å². The van der Waals surface area contributed by atoms with Crippen LogP contribution in [0.3, 0.4) is 0 Å². The molecule has 0 unspecified atom stereocenters. The minimum Gasteiger partial charge on any atom is -0.486 e. The Morgan fingerprint density at radius 2 is 1.97 bits per heavy atom. The molecule has 7 nitrogen and oxygen atoms in total. The quantitative estimate of drug-likeness (QED) is 0.645. The van der Waals surface area contributed by atoms with Crippen LogP contribution in [-0.2, 0) is 11.3 Å². The molecule has 0 radical (unpaired) electrons. The molecule has 0 spiro atoms. The van der Waals surface area contributed by atoms with Crippen LogP contribution in [0.25, 0.3) is 11.2 Å². The zero-order valence-corrected chi connectivity index (χ0v) is 17.5. The van der Waals surface area contributed by atoms with E-state index >= 15 is 0 Å². The Morgan fingerprint density at radius 3 is 2.67 bits per heavy atom. The summed E-state index contributed by atoms with van der Waals surface area (Å²) in [5.41, 5.74) is 3.50. The summed E-state index contributed by atoms with van der Waals surface area (Å²) in [6.45, 7) is 7.22. The fraction of sp³-hybridized carbons (Fsp3) is 0.348. The van der Waals surface area contributed by atoms with E-state index in [0.717, 1.165) is 28.8 Å². The van der Waals surface area contributed by atoms with E-state index in [1.165, 1.54) is 0 Å². The average Bonchev–Trinajstić information content (AvgIpc) is 3.15. The van der Waals surface area contributed by atoms with E-state index in [2.05, 4.69) is 10.1 Å². The molecular formula is C23H26N4O3. The molecule has 1 aromatic carbocycles. The van der Waals surface area contributed by atoms with E-state index in [4.69, 9.17) is 9.47 Å². The molecule has 0 bridgehead atoms. The van der Waals surface area contributed by atoms with Gasteiger partial charge in [0.15, 0.2) is 11.4 Å². The summed E-state index contributed by atoms with van der Waals surface area (Å²) in [6, 6.07) is 10.0. The first-order valence-corrected chi connectivity index (χ1v) is 10.1. The topological polar surface area (TPSA) is 69.0 Å². The predicted octanol–water partition coefficient (Wildman–Crippen LogP) is 4.33. The van der Waals surface area contributed by atoms with Crippen LogP contribution >= 0.6 is 0 Å². The molecule has 0 saturated carbocycles. The van der Waals surface area contributed by atoms with E-state index in [1.54, 1.807) is 15.6 Å². The predicted molar refractivity (Wildman–Crippen MR) is 114 cm³/mol. The van der Waals surface area contributed by atoms with Crippen molar-refractivity contribution in [3.05, 3.63) is 66.1 Å². The first kappa shape index (κ1) is 19.9. The SMILES string of the molecule is CC(C)(C)OC(=O)N1CC=C(c2cnn3cc(OCc4ccccc4)cnc23)CC1. The fourth-order valence-corrected chi connectivity index (χ4v) is 3.31. The second-order valence-corrected chi connectivity index (χ2v) is 8.30. The van der Waals surface area contributed by atoms with E-state index in [9.17, 15) is 4.79 Å². The van der Waals surface area contributed by atoms with E-state index in [-0.39, 0.29) is 6.09 Å². The number of carbonyl (C=O) groups excluding carboxylic acids is 1. The molecule has 3 heterocycles. The summed E-state index contributed by atoms with van der Waals surface area (Å²) in [6.07, 6.45) is 7.88. The zero-order chi connectivity index (χ0) is 21.1. The second kappa shape index (κ2) is 8.18. The summed E-state index contributed by atoms with van der Waals surface area (Å²) in [4.78, 5) is 18.5. The molecule has 0 saturated heterocycles. The van der Waals surface area contributed by atoms with Gasteiger partial charge in [-0.05, 0) is 38.3 Å². The standard InChI is InChI=1S/C23H26N4O3/c1-23(2,3)30-22(28)26-11-9-18(10-12-26)20-14-25-27-15-19(13-24-21(20)27)29-16-17-7-5-4-6-8-17/h4-9,13-15H,10-12,16H2,1-3H3. The lowest BCUT2D eigenvalue weighted by Gasteiger charge is -2.29. The number of rotatable bonds is 4. The van der Waals surface area contributed by atoms with Crippen molar-refractivity contribution in [3.63, 3.8) is 0 Å². The Kier molecular flexibility index (Phi) is 5.44. The van der Waals surface area contributed by atoms with Crippen LogP contribution in [0.5, 0.6) is 5.75 Å². The third-order valence-electron chi connectivity index (χ3n) is 4.79. The number of hydrogen-bond acceptors (Lipinski definition) is 5. The van der Waals surface area contributed by atoms with Gasteiger partial charge >= 0.3 is 6.09 Å². The van der Waals surface area contributed by atoms with Crippen molar-refractivity contribution in [2.24, 2.45) is 0 Å². The Bertz CT molecular complexity index is 1070. The summed E-state index contributed by atoms with van der Waals surface area (Å²) in [5, 5.41) is 4.44. The molecule has 0 atom stereocenters. The first-order chi connectivity index (χ1) is 14.4. The molecule has 1 amide bonds. The third-order valence-corrected chi connectivity index (χ3v) is 4.79. The number of carbonyl (C=O) groups is 1. The van der Waals surface area contributed by atoms with Crippen molar-refractivity contribution in [1.29, 1.82) is 0 Å². The molecule has 2 aromatic heterocycles. The van der Waals surface area contributed by atoms with Gasteiger partial charge in [-0.1, -0.05) is 36.4 Å². The minimum absolute atomic E-state index is 0.281. The van der Waals surface area contributed by atoms with Gasteiger partial charge in [-0.25, -0.2) is 14.3 Å². The third kappa shape index (κ3) is 4.62. The Morgan fingerprint density at radius 1 is 1.17 bits per heavy atom. The maximum atomic E-state index is 12.3. The summed E-state index contributed by atoms with van der Waals surface area (Å²) >= 11 is 0. The van der Waals surface area contributed by atoms with Crippen LogP contribution in [0.4, 0.5) is 4.79 Å². The number of fused-ring (bicyclic) bond motifs is 1. The molecule has 0 fully saturated rings.